The van der Waals surface area contributed by atoms with Gasteiger partial charge in [0.1, 0.15) is 40.3 Å². The fourth-order valence-electron chi connectivity index (χ4n) is 5.96. The predicted octanol–water partition coefficient (Wildman–Crippen LogP) is 5.19. The molecule has 2 aromatic carbocycles. The summed E-state index contributed by atoms with van der Waals surface area (Å²) in [6.07, 6.45) is 3.96. The van der Waals surface area contributed by atoms with Crippen LogP contribution in [0.4, 0.5) is 25.1 Å². The van der Waals surface area contributed by atoms with E-state index in [1.807, 2.05) is 0 Å². The highest BCUT2D eigenvalue weighted by atomic mass is 19.1. The summed E-state index contributed by atoms with van der Waals surface area (Å²) in [6, 6.07) is 13.1. The number of aliphatic hydroxyl groups excluding tert-OH is 1. The SMILES string of the molecule is CCOc1ccn(-c2ccc(F)cc2)c(=O)c1C(=O)Nc1ccc(Oc2ccnc(NC(=O)N3CC4C[C@H](O)C[C@@H]4C3)c2)cc1F. The van der Waals surface area contributed by atoms with Crippen molar-refractivity contribution in [2.75, 3.05) is 30.3 Å². The van der Waals surface area contributed by atoms with Crippen LogP contribution in [0.2, 0.25) is 0 Å². The molecule has 1 aliphatic heterocycles. The lowest BCUT2D eigenvalue weighted by molar-refractivity contribution is 0.102. The Morgan fingerprint density at radius 3 is 2.39 bits per heavy atom. The second-order valence-corrected chi connectivity index (χ2v) is 11.2. The number of ether oxygens (including phenoxy) is 2. The maximum absolute atomic E-state index is 15.2. The van der Waals surface area contributed by atoms with Gasteiger partial charge < -0.3 is 24.8 Å². The van der Waals surface area contributed by atoms with E-state index < -0.39 is 23.1 Å². The van der Waals surface area contributed by atoms with Crippen molar-refractivity contribution < 1.29 is 33.0 Å². The van der Waals surface area contributed by atoms with Crippen molar-refractivity contribution in [3.8, 4) is 22.9 Å². The van der Waals surface area contributed by atoms with E-state index in [2.05, 4.69) is 15.6 Å². The van der Waals surface area contributed by atoms with Crippen LogP contribution in [-0.2, 0) is 0 Å². The Balaban J connectivity index is 1.13. The van der Waals surface area contributed by atoms with Crippen molar-refractivity contribution in [1.82, 2.24) is 14.5 Å². The normalized spacial score (nSPS) is 18.6. The maximum Gasteiger partial charge on any atom is 0.323 e. The van der Waals surface area contributed by atoms with Gasteiger partial charge in [-0.15, -0.1) is 0 Å². The van der Waals surface area contributed by atoms with Crippen LogP contribution >= 0.6 is 0 Å². The lowest BCUT2D eigenvalue weighted by Crippen LogP contribution is -2.34. The number of urea groups is 1. The highest BCUT2D eigenvalue weighted by Crippen LogP contribution is 2.38. The van der Waals surface area contributed by atoms with E-state index in [4.69, 9.17) is 9.47 Å². The van der Waals surface area contributed by atoms with Gasteiger partial charge in [0.2, 0.25) is 0 Å². The molecular weight excluding hydrogens is 600 g/mol. The summed E-state index contributed by atoms with van der Waals surface area (Å²) in [5.41, 5.74) is -0.965. The first kappa shape index (κ1) is 30.7. The molecule has 3 amide bonds. The van der Waals surface area contributed by atoms with Crippen molar-refractivity contribution in [3.63, 3.8) is 0 Å². The molecule has 1 saturated heterocycles. The van der Waals surface area contributed by atoms with Gasteiger partial charge in [0.05, 0.1) is 18.4 Å². The molecule has 3 atom stereocenters. The number of aromatic nitrogens is 2. The Morgan fingerprint density at radius 2 is 1.70 bits per heavy atom. The molecule has 4 aromatic rings. The first-order valence-electron chi connectivity index (χ1n) is 14.8. The molecule has 0 radical (unpaired) electrons. The molecular formula is C33H31F2N5O6. The average Bonchev–Trinajstić information content (AvgIpc) is 3.57. The van der Waals surface area contributed by atoms with Gasteiger partial charge in [0.15, 0.2) is 0 Å². The number of amides is 3. The van der Waals surface area contributed by atoms with Crippen molar-refractivity contribution in [1.29, 1.82) is 0 Å². The van der Waals surface area contributed by atoms with Gasteiger partial charge in [-0.3, -0.25) is 19.5 Å². The van der Waals surface area contributed by atoms with Crippen LogP contribution in [-0.4, -0.2) is 57.3 Å². The van der Waals surface area contributed by atoms with E-state index in [9.17, 15) is 23.9 Å². The summed E-state index contributed by atoms with van der Waals surface area (Å²) in [5, 5.41) is 15.0. The van der Waals surface area contributed by atoms with E-state index in [0.29, 0.717) is 43.5 Å². The molecule has 3 heterocycles. The topological polar surface area (TPSA) is 135 Å². The smallest absolute Gasteiger partial charge is 0.323 e. The summed E-state index contributed by atoms with van der Waals surface area (Å²) >= 11 is 0. The lowest BCUT2D eigenvalue weighted by atomic mass is 10.0. The van der Waals surface area contributed by atoms with E-state index in [1.54, 1.807) is 17.9 Å². The summed E-state index contributed by atoms with van der Waals surface area (Å²) in [5.74, 6) is -0.958. The Bertz CT molecular complexity index is 1820. The molecule has 238 valence electrons. The summed E-state index contributed by atoms with van der Waals surface area (Å²) < 4.78 is 41.0. The first-order chi connectivity index (χ1) is 22.2. The molecule has 0 bridgehead atoms. The summed E-state index contributed by atoms with van der Waals surface area (Å²) in [6.45, 7) is 3.02. The van der Waals surface area contributed by atoms with E-state index in [1.165, 1.54) is 60.9 Å². The molecule has 13 heteroatoms. The van der Waals surface area contributed by atoms with Gasteiger partial charge in [-0.25, -0.2) is 18.6 Å². The molecule has 2 aliphatic rings. The van der Waals surface area contributed by atoms with Crippen LogP contribution in [0.25, 0.3) is 5.69 Å². The molecule has 2 aromatic heterocycles. The number of aliphatic hydroxyl groups is 1. The number of halogens is 2. The number of hydrogen-bond acceptors (Lipinski definition) is 7. The third-order valence-corrected chi connectivity index (χ3v) is 8.09. The number of benzene rings is 2. The highest BCUT2D eigenvalue weighted by Gasteiger charge is 2.41. The van der Waals surface area contributed by atoms with Gasteiger partial charge in [0.25, 0.3) is 11.5 Å². The van der Waals surface area contributed by atoms with E-state index in [0.717, 1.165) is 10.6 Å². The number of anilines is 2. The largest absolute Gasteiger partial charge is 0.493 e. The van der Waals surface area contributed by atoms with Gasteiger partial charge in [-0.1, -0.05) is 0 Å². The zero-order chi connectivity index (χ0) is 32.4. The zero-order valence-corrected chi connectivity index (χ0v) is 24.8. The van der Waals surface area contributed by atoms with Gasteiger partial charge >= 0.3 is 6.03 Å². The Kier molecular flexibility index (Phi) is 8.66. The minimum absolute atomic E-state index is 0.00990. The number of fused-ring (bicyclic) bond motifs is 1. The Labute approximate surface area is 262 Å². The fourth-order valence-corrected chi connectivity index (χ4v) is 5.96. The zero-order valence-electron chi connectivity index (χ0n) is 24.8. The standard InChI is InChI=1S/C33H31F2N5O6/c1-2-45-28-10-12-40(22-5-3-21(34)4-6-22)32(43)30(28)31(42)37-27-8-7-24(15-26(27)35)46-25-9-11-36-29(16-25)38-33(44)39-17-19-13-23(41)14-20(19)18-39/h3-12,15-16,19-20,23,41H,2,13-14,17-18H2,1H3,(H,37,42)(H,36,38,44)/t19-,20?,23-/m1/s1. The molecule has 3 N–H and O–H groups in total. The molecule has 46 heavy (non-hydrogen) atoms. The van der Waals surface area contributed by atoms with Crippen LogP contribution in [0.5, 0.6) is 17.2 Å². The third kappa shape index (κ3) is 6.54. The Morgan fingerprint density at radius 1 is 0.978 bits per heavy atom. The highest BCUT2D eigenvalue weighted by molar-refractivity contribution is 6.06. The number of likely N-dealkylation sites (tertiary alicyclic amines) is 1. The molecule has 0 spiro atoms. The van der Waals surface area contributed by atoms with Crippen LogP contribution in [0.15, 0.2) is 77.9 Å². The quantitative estimate of drug-likeness (QED) is 0.244. The minimum atomic E-state index is -0.898. The monoisotopic (exact) mass is 631 g/mol. The third-order valence-electron chi connectivity index (χ3n) is 8.09. The van der Waals surface area contributed by atoms with Crippen LogP contribution in [0.3, 0.4) is 0 Å². The van der Waals surface area contributed by atoms with E-state index in [-0.39, 0.29) is 53.1 Å². The second-order valence-electron chi connectivity index (χ2n) is 11.2. The van der Waals surface area contributed by atoms with Crippen LogP contribution in [0.1, 0.15) is 30.1 Å². The Hall–Kier alpha value is -5.30. The molecule has 2 fully saturated rings. The summed E-state index contributed by atoms with van der Waals surface area (Å²) in [4.78, 5) is 45.3. The van der Waals surface area contributed by atoms with Gasteiger partial charge in [0, 0.05) is 43.3 Å². The number of pyridine rings is 2. The molecule has 6 rings (SSSR count). The van der Waals surface area contributed by atoms with Crippen molar-refractivity contribution in [3.05, 3.63) is 101 Å². The van der Waals surface area contributed by atoms with Crippen molar-refractivity contribution in [2.45, 2.75) is 25.9 Å². The van der Waals surface area contributed by atoms with E-state index >= 15 is 4.39 Å². The summed E-state index contributed by atoms with van der Waals surface area (Å²) in [7, 11) is 0. The van der Waals surface area contributed by atoms with Crippen LogP contribution < -0.4 is 25.7 Å². The van der Waals surface area contributed by atoms with Gasteiger partial charge in [-0.2, -0.15) is 0 Å². The average molecular weight is 632 g/mol. The number of carbonyl (C=O) groups is 2. The number of carbonyl (C=O) groups excluding carboxylic acids is 2. The van der Waals surface area contributed by atoms with Crippen molar-refractivity contribution >= 4 is 23.4 Å². The van der Waals surface area contributed by atoms with Crippen molar-refractivity contribution in [2.24, 2.45) is 11.8 Å². The first-order valence-corrected chi connectivity index (χ1v) is 14.8. The van der Waals surface area contributed by atoms with Gasteiger partial charge in [-0.05, 0) is 80.1 Å². The molecule has 1 saturated carbocycles. The molecule has 1 unspecified atom stereocenters. The second kappa shape index (κ2) is 13.0. The number of nitrogens with zero attached hydrogens (tertiary/aromatic N) is 3. The predicted molar refractivity (Wildman–Crippen MR) is 165 cm³/mol. The maximum atomic E-state index is 15.2. The minimum Gasteiger partial charge on any atom is -0.493 e. The number of hydrogen-bond donors (Lipinski definition) is 3. The fraction of sp³-hybridized carbons (Fsp3) is 0.273. The van der Waals surface area contributed by atoms with Crippen LogP contribution in [0, 0.1) is 23.5 Å². The lowest BCUT2D eigenvalue weighted by Gasteiger charge is -2.18. The molecule has 1 aliphatic carbocycles. The number of nitrogens with one attached hydrogen (secondary N) is 2. The molecule has 11 nitrogen and oxygen atoms in total. The number of rotatable bonds is 8.